The first-order valence-electron chi connectivity index (χ1n) is 3.40. The number of nitrogens with two attached hydrogens (primary N) is 1. The topological polar surface area (TPSA) is 73.1 Å². The van der Waals surface area contributed by atoms with Gasteiger partial charge in [-0.05, 0) is 22.0 Å². The Labute approximate surface area is 101 Å². The molecule has 0 aliphatic carbocycles. The summed E-state index contributed by atoms with van der Waals surface area (Å²) in [6.07, 6.45) is -2.98. The molecule has 1 aromatic rings. The Kier molecular flexibility index (Phi) is 3.80. The minimum absolute atomic E-state index is 0.0663. The summed E-state index contributed by atoms with van der Waals surface area (Å²) in [5, 5.41) is 3.93. The molecular formula is C6H4Br2F2N2O2S. The summed E-state index contributed by atoms with van der Waals surface area (Å²) in [5.74, 6) is 0. The first-order chi connectivity index (χ1) is 6.73. The third-order valence-electron chi connectivity index (χ3n) is 1.43. The number of pyridine rings is 1. The van der Waals surface area contributed by atoms with Gasteiger partial charge in [0.2, 0.25) is 0 Å². The van der Waals surface area contributed by atoms with Gasteiger partial charge in [0.1, 0.15) is 4.60 Å². The van der Waals surface area contributed by atoms with Crippen molar-refractivity contribution < 1.29 is 17.2 Å². The van der Waals surface area contributed by atoms with Gasteiger partial charge in [-0.2, -0.15) is 0 Å². The van der Waals surface area contributed by atoms with Crippen LogP contribution in [-0.4, -0.2) is 13.4 Å². The number of halogens is 4. The zero-order valence-corrected chi connectivity index (χ0v) is 10.9. The molecule has 0 saturated heterocycles. The summed E-state index contributed by atoms with van der Waals surface area (Å²) < 4.78 is 47.1. The second-order valence-corrected chi connectivity index (χ2v) is 5.63. The SMILES string of the molecule is NS(=O)(=O)c1nc(Br)cc(Br)c1C(F)F. The minimum Gasteiger partial charge on any atom is -0.227 e. The highest BCUT2D eigenvalue weighted by Gasteiger charge is 2.25. The number of hydrogen-bond donors (Lipinski definition) is 1. The molecule has 4 nitrogen and oxygen atoms in total. The Bertz CT molecular complexity index is 492. The Morgan fingerprint density at radius 2 is 1.93 bits per heavy atom. The van der Waals surface area contributed by atoms with Gasteiger partial charge in [0.05, 0.1) is 5.56 Å². The van der Waals surface area contributed by atoms with Crippen molar-refractivity contribution in [2.45, 2.75) is 11.5 Å². The molecule has 15 heavy (non-hydrogen) atoms. The van der Waals surface area contributed by atoms with E-state index in [2.05, 4.69) is 36.8 Å². The Morgan fingerprint density at radius 1 is 1.40 bits per heavy atom. The summed E-state index contributed by atoms with van der Waals surface area (Å²) in [5.41, 5.74) is -0.735. The zero-order chi connectivity index (χ0) is 11.8. The molecule has 0 spiro atoms. The molecule has 0 aliphatic rings. The minimum atomic E-state index is -4.27. The number of alkyl halides is 2. The van der Waals surface area contributed by atoms with Crippen molar-refractivity contribution in [1.82, 2.24) is 4.98 Å². The Morgan fingerprint density at radius 3 is 2.33 bits per heavy atom. The maximum Gasteiger partial charge on any atom is 0.267 e. The van der Waals surface area contributed by atoms with Crippen LogP contribution in [0, 0.1) is 0 Å². The number of hydrogen-bond acceptors (Lipinski definition) is 3. The van der Waals surface area contributed by atoms with E-state index in [9.17, 15) is 17.2 Å². The first-order valence-corrected chi connectivity index (χ1v) is 6.53. The van der Waals surface area contributed by atoms with E-state index in [0.717, 1.165) is 0 Å². The quantitative estimate of drug-likeness (QED) is 0.816. The summed E-state index contributed by atoms with van der Waals surface area (Å²) in [7, 11) is -4.27. The molecule has 9 heteroatoms. The molecule has 0 atom stereocenters. The van der Waals surface area contributed by atoms with Gasteiger partial charge in [-0.1, -0.05) is 15.9 Å². The van der Waals surface area contributed by atoms with E-state index in [4.69, 9.17) is 5.14 Å². The maximum atomic E-state index is 12.5. The van der Waals surface area contributed by atoms with Crippen LogP contribution in [0.5, 0.6) is 0 Å². The van der Waals surface area contributed by atoms with Crippen LogP contribution in [0.2, 0.25) is 0 Å². The van der Waals surface area contributed by atoms with Crippen molar-refractivity contribution in [3.8, 4) is 0 Å². The molecule has 0 radical (unpaired) electrons. The number of aromatic nitrogens is 1. The molecule has 0 amide bonds. The normalized spacial score (nSPS) is 12.1. The molecule has 0 saturated carbocycles. The standard InChI is InChI=1S/C6H4Br2F2N2O2S/c7-2-1-3(8)12-6(15(11,13)14)4(2)5(9)10/h1,5H,(H2,11,13,14). The zero-order valence-electron chi connectivity index (χ0n) is 6.92. The summed E-state index contributed by atoms with van der Waals surface area (Å²) in [4.78, 5) is 3.42. The van der Waals surface area contributed by atoms with E-state index in [0.29, 0.717) is 0 Å². The maximum absolute atomic E-state index is 12.5. The van der Waals surface area contributed by atoms with E-state index in [1.165, 1.54) is 6.07 Å². The summed E-state index contributed by atoms with van der Waals surface area (Å²) >= 11 is 5.70. The van der Waals surface area contributed by atoms with Crippen molar-refractivity contribution in [3.63, 3.8) is 0 Å². The van der Waals surface area contributed by atoms with Crippen molar-refractivity contribution >= 4 is 41.9 Å². The number of sulfonamides is 1. The van der Waals surface area contributed by atoms with Crippen LogP contribution in [0.15, 0.2) is 20.2 Å². The molecule has 1 aromatic heterocycles. The van der Waals surface area contributed by atoms with Crippen molar-refractivity contribution in [1.29, 1.82) is 0 Å². The highest BCUT2D eigenvalue weighted by atomic mass is 79.9. The van der Waals surface area contributed by atoms with E-state index in [-0.39, 0.29) is 9.08 Å². The lowest BCUT2D eigenvalue weighted by Crippen LogP contribution is -2.17. The fourth-order valence-electron chi connectivity index (χ4n) is 0.888. The van der Waals surface area contributed by atoms with E-state index < -0.39 is 27.0 Å². The van der Waals surface area contributed by atoms with Gasteiger partial charge in [0.25, 0.3) is 16.4 Å². The highest BCUT2D eigenvalue weighted by Crippen LogP contribution is 2.33. The van der Waals surface area contributed by atoms with Crippen LogP contribution >= 0.6 is 31.9 Å². The van der Waals surface area contributed by atoms with Gasteiger partial charge < -0.3 is 0 Å². The molecule has 0 aromatic carbocycles. The molecular weight excluding hydrogens is 362 g/mol. The van der Waals surface area contributed by atoms with E-state index in [1.807, 2.05) is 0 Å². The highest BCUT2D eigenvalue weighted by molar-refractivity contribution is 9.11. The van der Waals surface area contributed by atoms with Crippen LogP contribution in [0.4, 0.5) is 8.78 Å². The Balaban J connectivity index is 3.62. The number of rotatable bonds is 2. The van der Waals surface area contributed by atoms with Crippen LogP contribution < -0.4 is 5.14 Å². The lowest BCUT2D eigenvalue weighted by Gasteiger charge is -2.08. The predicted octanol–water partition coefficient (Wildman–Crippen LogP) is 2.19. The average Bonchev–Trinajstić information content (AvgIpc) is 1.99. The number of nitrogens with zero attached hydrogens (tertiary/aromatic N) is 1. The smallest absolute Gasteiger partial charge is 0.227 e. The van der Waals surface area contributed by atoms with Gasteiger partial charge in [0.15, 0.2) is 5.03 Å². The van der Waals surface area contributed by atoms with E-state index in [1.54, 1.807) is 0 Å². The molecule has 1 heterocycles. The molecule has 2 N–H and O–H groups in total. The van der Waals surface area contributed by atoms with Crippen molar-refractivity contribution in [2.75, 3.05) is 0 Å². The van der Waals surface area contributed by atoms with Gasteiger partial charge >= 0.3 is 0 Å². The number of primary sulfonamides is 1. The largest absolute Gasteiger partial charge is 0.267 e. The second-order valence-electron chi connectivity index (χ2n) is 2.49. The molecule has 0 bridgehead atoms. The summed E-state index contributed by atoms with van der Waals surface area (Å²) in [6.45, 7) is 0. The fraction of sp³-hybridized carbons (Fsp3) is 0.167. The van der Waals surface area contributed by atoms with Crippen molar-refractivity contribution in [3.05, 3.63) is 20.7 Å². The van der Waals surface area contributed by atoms with Crippen LogP contribution in [0.1, 0.15) is 12.0 Å². The van der Waals surface area contributed by atoms with Crippen LogP contribution in [-0.2, 0) is 10.0 Å². The second kappa shape index (κ2) is 4.40. The lowest BCUT2D eigenvalue weighted by molar-refractivity contribution is 0.146. The average molecular weight is 366 g/mol. The van der Waals surface area contributed by atoms with Crippen molar-refractivity contribution in [2.24, 2.45) is 5.14 Å². The molecule has 0 unspecified atom stereocenters. The Hall–Kier alpha value is -0.120. The predicted molar refractivity (Wildman–Crippen MR) is 56.0 cm³/mol. The van der Waals surface area contributed by atoms with Gasteiger partial charge in [-0.3, -0.25) is 0 Å². The first kappa shape index (κ1) is 12.9. The van der Waals surface area contributed by atoms with Gasteiger partial charge in [-0.25, -0.2) is 27.3 Å². The third-order valence-corrected chi connectivity index (χ3v) is 3.34. The van der Waals surface area contributed by atoms with Crippen LogP contribution in [0.3, 0.4) is 0 Å². The van der Waals surface area contributed by atoms with Crippen LogP contribution in [0.25, 0.3) is 0 Å². The molecule has 0 fully saturated rings. The van der Waals surface area contributed by atoms with Gasteiger partial charge in [0, 0.05) is 4.47 Å². The molecule has 0 aliphatic heterocycles. The molecule has 84 valence electrons. The lowest BCUT2D eigenvalue weighted by atomic mass is 10.3. The fourth-order valence-corrected chi connectivity index (χ4v) is 3.16. The monoisotopic (exact) mass is 364 g/mol. The van der Waals surface area contributed by atoms with Gasteiger partial charge in [-0.15, -0.1) is 0 Å². The molecule has 1 rings (SSSR count). The van der Waals surface area contributed by atoms with E-state index >= 15 is 0 Å². The third kappa shape index (κ3) is 2.92. The summed E-state index contributed by atoms with van der Waals surface area (Å²) in [6, 6.07) is 1.22.